The fourth-order valence-electron chi connectivity index (χ4n) is 8.08. The Labute approximate surface area is 356 Å². The summed E-state index contributed by atoms with van der Waals surface area (Å²) >= 11 is 0. The van der Waals surface area contributed by atoms with Crippen molar-refractivity contribution >= 4 is 72.7 Å². The maximum absolute atomic E-state index is 13.9. The molecule has 2 aliphatic rings. The van der Waals surface area contributed by atoms with E-state index in [0.717, 1.165) is 32.3 Å². The molecule has 0 fully saturated rings. The molecule has 0 bridgehead atoms. The molecule has 1 N–H and O–H groups in total. The minimum Gasteiger partial charge on any atom is -0.460 e. The van der Waals surface area contributed by atoms with Gasteiger partial charge in [0.05, 0.1) is 105 Å². The molecule has 8 rings (SSSR count). The van der Waals surface area contributed by atoms with Gasteiger partial charge in [-0.2, -0.15) is 0 Å². The summed E-state index contributed by atoms with van der Waals surface area (Å²) < 4.78 is 38.1. The summed E-state index contributed by atoms with van der Waals surface area (Å²) in [6.45, 7) is 3.48. The molecule has 0 unspecified atom stereocenters. The fourth-order valence-corrected chi connectivity index (χ4v) is 8.08. The standard InChI is InChI=1S/C47H46N2O13/c50-16-19-58-22-25-59-23-20-56-17-14-48-43(51)35-10-6-31-33-8-12-37-42-38(13-9-34(40(33)42)32-7-11-36(44(48)52)41(35)39(31)32)46(54)49(45(37)53)15-18-57-21-24-60-26-27-61-28-29-62-47(55)30-4-2-1-3-5-30/h1-13,50H,14-29H2. The minimum absolute atomic E-state index is 0.0468. The molecule has 0 saturated heterocycles. The zero-order valence-electron chi connectivity index (χ0n) is 34.1. The second-order valence-electron chi connectivity index (χ2n) is 14.6. The third-order valence-electron chi connectivity index (χ3n) is 10.9. The monoisotopic (exact) mass is 846 g/mol. The van der Waals surface area contributed by atoms with Gasteiger partial charge in [-0.15, -0.1) is 0 Å². The van der Waals surface area contributed by atoms with E-state index < -0.39 is 29.6 Å². The van der Waals surface area contributed by atoms with Crippen molar-refractivity contribution in [3.8, 4) is 0 Å². The van der Waals surface area contributed by atoms with Crippen LogP contribution in [-0.4, -0.2) is 150 Å². The zero-order chi connectivity index (χ0) is 43.0. The molecule has 4 amide bonds. The van der Waals surface area contributed by atoms with Crippen LogP contribution in [0.15, 0.2) is 78.9 Å². The number of amides is 4. The summed E-state index contributed by atoms with van der Waals surface area (Å²) in [6.07, 6.45) is 0. The van der Waals surface area contributed by atoms with E-state index in [2.05, 4.69) is 0 Å². The predicted octanol–water partition coefficient (Wildman–Crippen LogP) is 4.88. The van der Waals surface area contributed by atoms with Crippen LogP contribution in [0, 0.1) is 0 Å². The predicted molar refractivity (Wildman–Crippen MR) is 227 cm³/mol. The zero-order valence-corrected chi connectivity index (χ0v) is 34.1. The third kappa shape index (κ3) is 8.61. The number of carbonyl (C=O) groups is 5. The van der Waals surface area contributed by atoms with Gasteiger partial charge < -0.3 is 38.3 Å². The van der Waals surface area contributed by atoms with Crippen LogP contribution < -0.4 is 0 Å². The molecule has 62 heavy (non-hydrogen) atoms. The maximum atomic E-state index is 13.9. The van der Waals surface area contributed by atoms with Crippen LogP contribution in [0.5, 0.6) is 0 Å². The van der Waals surface area contributed by atoms with Gasteiger partial charge in [0.15, 0.2) is 0 Å². The Bertz CT molecular complexity index is 2490. The van der Waals surface area contributed by atoms with E-state index in [1.807, 2.05) is 30.3 Å². The van der Waals surface area contributed by atoms with E-state index in [9.17, 15) is 24.0 Å². The number of esters is 1. The number of aliphatic hydroxyl groups excluding tert-OH is 1. The first-order valence-corrected chi connectivity index (χ1v) is 20.6. The van der Waals surface area contributed by atoms with Gasteiger partial charge in [-0.05, 0) is 68.7 Å². The van der Waals surface area contributed by atoms with Gasteiger partial charge in [-0.3, -0.25) is 29.0 Å². The summed E-state index contributed by atoms with van der Waals surface area (Å²) in [5, 5.41) is 14.7. The number of benzene rings is 6. The Morgan fingerprint density at radius 2 is 0.742 bits per heavy atom. The number of fused-ring (bicyclic) bond motifs is 2. The number of hydrogen-bond acceptors (Lipinski definition) is 13. The van der Waals surface area contributed by atoms with Gasteiger partial charge in [-0.1, -0.05) is 42.5 Å². The normalized spacial score (nSPS) is 13.8. The molecule has 0 spiro atoms. The quantitative estimate of drug-likeness (QED) is 0.0287. The van der Waals surface area contributed by atoms with Crippen LogP contribution in [0.4, 0.5) is 0 Å². The second-order valence-corrected chi connectivity index (χ2v) is 14.6. The highest BCUT2D eigenvalue weighted by Crippen LogP contribution is 2.46. The number of nitrogens with zero attached hydrogens (tertiary/aromatic N) is 2. The van der Waals surface area contributed by atoms with Gasteiger partial charge in [0, 0.05) is 33.0 Å². The average molecular weight is 847 g/mol. The average Bonchev–Trinajstić information content (AvgIpc) is 3.29. The molecule has 322 valence electrons. The van der Waals surface area contributed by atoms with Crippen molar-refractivity contribution < 1.29 is 62.2 Å². The summed E-state index contributed by atoms with van der Waals surface area (Å²) in [7, 11) is 0. The van der Waals surface area contributed by atoms with Crippen molar-refractivity contribution in [2.24, 2.45) is 0 Å². The van der Waals surface area contributed by atoms with Gasteiger partial charge in [0.25, 0.3) is 23.6 Å². The van der Waals surface area contributed by atoms with Crippen LogP contribution in [-0.2, 0) is 33.2 Å². The smallest absolute Gasteiger partial charge is 0.338 e. The van der Waals surface area contributed by atoms with Crippen LogP contribution in [0.25, 0.3) is 43.1 Å². The first kappa shape index (κ1) is 42.8. The van der Waals surface area contributed by atoms with E-state index in [1.165, 1.54) is 9.80 Å². The van der Waals surface area contributed by atoms with E-state index in [4.69, 9.17) is 38.3 Å². The van der Waals surface area contributed by atoms with Crippen molar-refractivity contribution in [2.75, 3.05) is 106 Å². The summed E-state index contributed by atoms with van der Waals surface area (Å²) in [5.74, 6) is -2.04. The van der Waals surface area contributed by atoms with E-state index in [0.29, 0.717) is 71.6 Å². The number of rotatable bonds is 24. The lowest BCUT2D eigenvalue weighted by atomic mass is 9.82. The lowest BCUT2D eigenvalue weighted by molar-refractivity contribution is -0.00100. The summed E-state index contributed by atoms with van der Waals surface area (Å²) in [6, 6.07) is 23.2. The Balaban J connectivity index is 0.868. The molecule has 0 saturated carbocycles. The van der Waals surface area contributed by atoms with E-state index in [-0.39, 0.29) is 72.6 Å². The lowest BCUT2D eigenvalue weighted by Crippen LogP contribution is -2.42. The molecule has 0 aromatic heterocycles. The van der Waals surface area contributed by atoms with Gasteiger partial charge in [0.1, 0.15) is 6.61 Å². The first-order chi connectivity index (χ1) is 30.4. The van der Waals surface area contributed by atoms with E-state index >= 15 is 0 Å². The topological polar surface area (TPSA) is 177 Å². The Hall–Kier alpha value is -5.91. The number of ether oxygens (including phenoxy) is 7. The van der Waals surface area contributed by atoms with Crippen LogP contribution in [0.2, 0.25) is 0 Å². The van der Waals surface area contributed by atoms with Gasteiger partial charge in [-0.25, -0.2) is 4.79 Å². The van der Waals surface area contributed by atoms with Crippen molar-refractivity contribution in [2.45, 2.75) is 0 Å². The highest BCUT2D eigenvalue weighted by atomic mass is 16.6. The van der Waals surface area contributed by atoms with Crippen LogP contribution in [0.1, 0.15) is 51.8 Å². The van der Waals surface area contributed by atoms with Crippen molar-refractivity contribution in [3.05, 3.63) is 107 Å². The minimum atomic E-state index is -0.412. The Morgan fingerprint density at radius 1 is 0.403 bits per heavy atom. The van der Waals surface area contributed by atoms with Gasteiger partial charge >= 0.3 is 5.97 Å². The number of hydrogen-bond donors (Lipinski definition) is 1. The van der Waals surface area contributed by atoms with Crippen LogP contribution >= 0.6 is 0 Å². The van der Waals surface area contributed by atoms with Crippen molar-refractivity contribution in [1.82, 2.24) is 9.80 Å². The molecule has 0 aliphatic carbocycles. The lowest BCUT2D eigenvalue weighted by Gasteiger charge is -2.30. The Kier molecular flexibility index (Phi) is 13.7. The summed E-state index contributed by atoms with van der Waals surface area (Å²) in [4.78, 5) is 69.9. The third-order valence-corrected chi connectivity index (χ3v) is 10.9. The van der Waals surface area contributed by atoms with E-state index in [1.54, 1.807) is 48.5 Å². The first-order valence-electron chi connectivity index (χ1n) is 20.6. The molecule has 6 aromatic carbocycles. The largest absolute Gasteiger partial charge is 0.460 e. The number of carbonyl (C=O) groups excluding carboxylic acids is 5. The molecule has 2 heterocycles. The highest BCUT2D eigenvalue weighted by Gasteiger charge is 2.36. The number of imide groups is 2. The number of aliphatic hydroxyl groups is 1. The second kappa shape index (κ2) is 19.9. The Morgan fingerprint density at radius 3 is 1.11 bits per heavy atom. The van der Waals surface area contributed by atoms with Crippen LogP contribution in [0.3, 0.4) is 0 Å². The fraction of sp³-hybridized carbons (Fsp3) is 0.340. The molecular formula is C47H46N2O13. The SMILES string of the molecule is O=C(OCCOCCOCCOCCN1C(=O)c2ccc3c4ccc5c6c(ccc(c7ccc(c2c37)C1=O)c64)C(=O)N(CCOCCOCCOCCO)C5=O)c1ccccc1. The summed E-state index contributed by atoms with van der Waals surface area (Å²) in [5.41, 5.74) is 2.14. The van der Waals surface area contributed by atoms with Crippen molar-refractivity contribution in [1.29, 1.82) is 0 Å². The molecule has 0 radical (unpaired) electrons. The molecule has 15 nitrogen and oxygen atoms in total. The maximum Gasteiger partial charge on any atom is 0.338 e. The molecule has 15 heteroatoms. The van der Waals surface area contributed by atoms with Gasteiger partial charge in [0.2, 0.25) is 0 Å². The molecule has 6 aromatic rings. The molecular weight excluding hydrogens is 801 g/mol. The highest BCUT2D eigenvalue weighted by molar-refractivity contribution is 6.41. The molecule has 2 aliphatic heterocycles. The van der Waals surface area contributed by atoms with Crippen molar-refractivity contribution in [3.63, 3.8) is 0 Å². The molecule has 0 atom stereocenters.